The average molecular weight is 533 g/mol. The quantitative estimate of drug-likeness (QED) is 0.198. The van der Waals surface area contributed by atoms with Crippen molar-refractivity contribution in [2.45, 2.75) is 0 Å². The van der Waals surface area contributed by atoms with Gasteiger partial charge in [0.05, 0.1) is 0 Å². The molecule has 0 aliphatic rings. The highest BCUT2D eigenvalue weighted by Crippen LogP contribution is 2.42. The van der Waals surface area contributed by atoms with Crippen molar-refractivity contribution in [1.29, 1.82) is 0 Å². The fraction of sp³-hybridized carbons (Fsp3) is 0. The first kappa shape index (κ1) is 24.3. The maximum absolute atomic E-state index is 2.40. The van der Waals surface area contributed by atoms with Crippen LogP contribution in [-0.4, -0.2) is 0 Å². The predicted octanol–water partition coefficient (Wildman–Crippen LogP) is 11.8. The molecule has 42 heavy (non-hydrogen) atoms. The highest BCUT2D eigenvalue weighted by atomic mass is 14.2. The summed E-state index contributed by atoms with van der Waals surface area (Å²) >= 11 is 0. The van der Waals surface area contributed by atoms with Gasteiger partial charge >= 0.3 is 0 Å². The fourth-order valence-electron chi connectivity index (χ4n) is 6.37. The maximum Gasteiger partial charge on any atom is -0.00923 e. The Kier molecular flexibility index (Phi) is 5.90. The van der Waals surface area contributed by atoms with E-state index in [0.29, 0.717) is 0 Å². The van der Waals surface area contributed by atoms with Crippen LogP contribution in [0.2, 0.25) is 0 Å². The van der Waals surface area contributed by atoms with Crippen molar-refractivity contribution in [1.82, 2.24) is 0 Å². The summed E-state index contributed by atoms with van der Waals surface area (Å²) in [6.07, 6.45) is 0. The Hall–Kier alpha value is -5.46. The van der Waals surface area contributed by atoms with Crippen molar-refractivity contribution in [2.24, 2.45) is 0 Å². The molecule has 0 heterocycles. The molecular formula is C42H28. The van der Waals surface area contributed by atoms with E-state index in [4.69, 9.17) is 0 Å². The van der Waals surface area contributed by atoms with Gasteiger partial charge in [0.2, 0.25) is 0 Å². The molecular weight excluding hydrogens is 504 g/mol. The van der Waals surface area contributed by atoms with Crippen LogP contribution in [0.3, 0.4) is 0 Å². The summed E-state index contributed by atoms with van der Waals surface area (Å²) in [7, 11) is 0. The van der Waals surface area contributed by atoms with Gasteiger partial charge in [0.1, 0.15) is 0 Å². The Labute approximate surface area is 246 Å². The van der Waals surface area contributed by atoms with Gasteiger partial charge in [-0.3, -0.25) is 0 Å². The first-order valence-corrected chi connectivity index (χ1v) is 14.5. The minimum absolute atomic E-state index is 1.23. The van der Waals surface area contributed by atoms with Gasteiger partial charge in [-0.15, -0.1) is 0 Å². The second kappa shape index (κ2) is 10.2. The average Bonchev–Trinajstić information content (AvgIpc) is 3.08. The normalized spacial score (nSPS) is 11.3. The molecule has 0 atom stereocenters. The molecule has 0 heteroatoms. The standard InChI is InChI=1S/C42H28/c1-3-11-29(12-4-1)31-19-23-33(24-20-31)39-27-41-38-18-10-8-16-36(38)40(28-42(41)37-17-9-7-15-35(37)39)34-25-21-32(22-26-34)30-13-5-2-6-14-30/h1-28H. The molecule has 0 N–H and O–H groups in total. The zero-order valence-electron chi connectivity index (χ0n) is 23.2. The van der Waals surface area contributed by atoms with Gasteiger partial charge in [0.25, 0.3) is 0 Å². The van der Waals surface area contributed by atoms with Crippen LogP contribution >= 0.6 is 0 Å². The Morgan fingerprint density at radius 1 is 0.190 bits per heavy atom. The molecule has 0 aliphatic carbocycles. The fourth-order valence-corrected chi connectivity index (χ4v) is 6.37. The zero-order valence-corrected chi connectivity index (χ0v) is 23.2. The van der Waals surface area contributed by atoms with Crippen molar-refractivity contribution in [3.63, 3.8) is 0 Å². The lowest BCUT2D eigenvalue weighted by molar-refractivity contribution is 1.60. The molecule has 0 nitrogen and oxygen atoms in total. The van der Waals surface area contributed by atoms with Crippen LogP contribution in [0.15, 0.2) is 170 Å². The molecule has 8 rings (SSSR count). The molecule has 0 aromatic heterocycles. The van der Waals surface area contributed by atoms with Crippen molar-refractivity contribution >= 4 is 32.3 Å². The molecule has 0 unspecified atom stereocenters. The lowest BCUT2D eigenvalue weighted by Crippen LogP contribution is -1.89. The van der Waals surface area contributed by atoms with E-state index in [0.717, 1.165) is 0 Å². The zero-order chi connectivity index (χ0) is 27.9. The van der Waals surface area contributed by atoms with E-state index < -0.39 is 0 Å². The van der Waals surface area contributed by atoms with Gasteiger partial charge in [0.15, 0.2) is 0 Å². The van der Waals surface area contributed by atoms with Gasteiger partial charge in [-0.2, -0.15) is 0 Å². The van der Waals surface area contributed by atoms with Gasteiger partial charge in [-0.25, -0.2) is 0 Å². The lowest BCUT2D eigenvalue weighted by Gasteiger charge is -2.16. The highest BCUT2D eigenvalue weighted by molar-refractivity contribution is 6.23. The Morgan fingerprint density at radius 2 is 0.476 bits per heavy atom. The number of benzene rings is 8. The second-order valence-electron chi connectivity index (χ2n) is 10.9. The number of fused-ring (bicyclic) bond motifs is 5. The van der Waals surface area contributed by atoms with Crippen molar-refractivity contribution in [3.8, 4) is 44.5 Å². The van der Waals surface area contributed by atoms with Crippen LogP contribution in [0.1, 0.15) is 0 Å². The van der Waals surface area contributed by atoms with E-state index in [1.807, 2.05) is 0 Å². The third-order valence-electron chi connectivity index (χ3n) is 8.49. The van der Waals surface area contributed by atoms with Gasteiger partial charge in [-0.05, 0) is 89.0 Å². The molecule has 0 amide bonds. The monoisotopic (exact) mass is 532 g/mol. The van der Waals surface area contributed by atoms with Crippen LogP contribution in [0.5, 0.6) is 0 Å². The minimum Gasteiger partial charge on any atom is -0.0622 e. The van der Waals surface area contributed by atoms with Crippen LogP contribution in [0, 0.1) is 0 Å². The molecule has 8 aromatic carbocycles. The Morgan fingerprint density at radius 3 is 0.857 bits per heavy atom. The first-order valence-electron chi connectivity index (χ1n) is 14.5. The molecule has 0 fully saturated rings. The van der Waals surface area contributed by atoms with Crippen LogP contribution in [-0.2, 0) is 0 Å². The SMILES string of the molecule is c1ccc(-c2ccc(-c3cc4c5ccccc5c(-c5ccc(-c6ccccc6)cc5)cc4c4ccccc34)cc2)cc1. The Bertz CT molecular complexity index is 2030. The summed E-state index contributed by atoms with van der Waals surface area (Å²) in [5.74, 6) is 0. The van der Waals surface area contributed by atoms with E-state index >= 15 is 0 Å². The van der Waals surface area contributed by atoms with Crippen LogP contribution in [0.25, 0.3) is 76.8 Å². The predicted molar refractivity (Wildman–Crippen MR) is 181 cm³/mol. The topological polar surface area (TPSA) is 0 Å². The summed E-state index contributed by atoms with van der Waals surface area (Å²) in [6.45, 7) is 0. The largest absolute Gasteiger partial charge is 0.0622 e. The van der Waals surface area contributed by atoms with Crippen molar-refractivity contribution < 1.29 is 0 Å². The van der Waals surface area contributed by atoms with Crippen molar-refractivity contribution in [3.05, 3.63) is 170 Å². The maximum atomic E-state index is 2.40. The molecule has 0 saturated heterocycles. The summed E-state index contributed by atoms with van der Waals surface area (Å²) in [5.41, 5.74) is 9.95. The molecule has 0 spiro atoms. The molecule has 8 aromatic rings. The number of rotatable bonds is 4. The van der Waals surface area contributed by atoms with E-state index in [-0.39, 0.29) is 0 Å². The van der Waals surface area contributed by atoms with Gasteiger partial charge < -0.3 is 0 Å². The molecule has 0 bridgehead atoms. The molecule has 0 radical (unpaired) electrons. The van der Waals surface area contributed by atoms with E-state index in [9.17, 15) is 0 Å². The number of hydrogen-bond donors (Lipinski definition) is 0. The summed E-state index contributed by atoms with van der Waals surface area (Å²) in [4.78, 5) is 0. The minimum atomic E-state index is 1.23. The Balaban J connectivity index is 1.32. The van der Waals surface area contributed by atoms with Crippen LogP contribution in [0.4, 0.5) is 0 Å². The molecule has 0 aliphatic heterocycles. The summed E-state index contributed by atoms with van der Waals surface area (Å²) in [6, 6.07) is 61.7. The second-order valence-corrected chi connectivity index (χ2v) is 10.9. The molecule has 196 valence electrons. The lowest BCUT2D eigenvalue weighted by atomic mass is 9.87. The van der Waals surface area contributed by atoms with E-state index in [2.05, 4.69) is 170 Å². The third kappa shape index (κ3) is 4.17. The first-order chi connectivity index (χ1) is 20.8. The van der Waals surface area contributed by atoms with E-state index in [1.165, 1.54) is 76.8 Å². The summed E-state index contributed by atoms with van der Waals surface area (Å²) < 4.78 is 0. The van der Waals surface area contributed by atoms with Gasteiger partial charge in [0, 0.05) is 0 Å². The third-order valence-corrected chi connectivity index (χ3v) is 8.49. The number of hydrogen-bond acceptors (Lipinski definition) is 0. The van der Waals surface area contributed by atoms with E-state index in [1.54, 1.807) is 0 Å². The molecule has 0 saturated carbocycles. The smallest absolute Gasteiger partial charge is 0.00923 e. The van der Waals surface area contributed by atoms with Crippen molar-refractivity contribution in [2.75, 3.05) is 0 Å². The van der Waals surface area contributed by atoms with Crippen LogP contribution < -0.4 is 0 Å². The highest BCUT2D eigenvalue weighted by Gasteiger charge is 2.14. The summed E-state index contributed by atoms with van der Waals surface area (Å²) in [5, 5.41) is 7.69. The van der Waals surface area contributed by atoms with Gasteiger partial charge in [-0.1, -0.05) is 158 Å².